The van der Waals surface area contributed by atoms with Crippen molar-refractivity contribution in [3.63, 3.8) is 0 Å². The molecule has 5 rings (SSSR count). The Morgan fingerprint density at radius 2 is 1.36 bits per heavy atom. The first kappa shape index (κ1) is 11.8. The molecule has 0 heterocycles. The molecule has 0 aliphatic heterocycles. The first-order chi connectivity index (χ1) is 10.8. The molecule has 4 aromatic carbocycles. The summed E-state index contributed by atoms with van der Waals surface area (Å²) in [5, 5.41) is 5.05. The average molecular weight is 281 g/mol. The standard InChI is InChI=1S/C21H15N/c22-21-7-3-6-15-17-9-8-16-14-5-2-1-4-13(14)12-20(16)18(17)10-11-19(15)21/h1-11H,12,22H2. The number of nitrogens with two attached hydrogens (primary N) is 1. The van der Waals surface area contributed by atoms with E-state index in [1.165, 1.54) is 38.4 Å². The highest BCUT2D eigenvalue weighted by atomic mass is 14.5. The second-order valence-electron chi connectivity index (χ2n) is 6.03. The Morgan fingerprint density at radius 3 is 2.32 bits per heavy atom. The van der Waals surface area contributed by atoms with Crippen LogP contribution in [0.5, 0.6) is 0 Å². The number of rotatable bonds is 0. The number of nitrogen functional groups attached to an aromatic ring is 1. The molecule has 1 nitrogen and oxygen atoms in total. The van der Waals surface area contributed by atoms with Crippen LogP contribution in [-0.2, 0) is 6.42 Å². The van der Waals surface area contributed by atoms with Crippen molar-refractivity contribution in [1.82, 2.24) is 0 Å². The zero-order chi connectivity index (χ0) is 14.7. The minimum Gasteiger partial charge on any atom is -0.398 e. The van der Waals surface area contributed by atoms with E-state index in [4.69, 9.17) is 5.73 Å². The zero-order valence-corrected chi connectivity index (χ0v) is 12.1. The van der Waals surface area contributed by atoms with Crippen molar-refractivity contribution in [1.29, 1.82) is 0 Å². The summed E-state index contributed by atoms with van der Waals surface area (Å²) in [6.07, 6.45) is 1.02. The summed E-state index contributed by atoms with van der Waals surface area (Å²) in [6.45, 7) is 0. The highest BCUT2D eigenvalue weighted by Crippen LogP contribution is 2.42. The second kappa shape index (κ2) is 4.11. The number of anilines is 1. The van der Waals surface area contributed by atoms with E-state index in [2.05, 4.69) is 54.6 Å². The predicted molar refractivity (Wildman–Crippen MR) is 94.1 cm³/mol. The first-order valence-corrected chi connectivity index (χ1v) is 7.64. The molecule has 0 bridgehead atoms. The van der Waals surface area contributed by atoms with Crippen molar-refractivity contribution in [3.8, 4) is 11.1 Å². The second-order valence-corrected chi connectivity index (χ2v) is 6.03. The van der Waals surface area contributed by atoms with Gasteiger partial charge >= 0.3 is 0 Å². The van der Waals surface area contributed by atoms with Gasteiger partial charge in [0.2, 0.25) is 0 Å². The molecular weight excluding hydrogens is 266 g/mol. The average Bonchev–Trinajstić information content (AvgIpc) is 2.94. The molecule has 1 heteroatoms. The molecule has 0 amide bonds. The molecular formula is C21H15N. The summed E-state index contributed by atoms with van der Waals surface area (Å²) in [7, 11) is 0. The largest absolute Gasteiger partial charge is 0.398 e. The zero-order valence-electron chi connectivity index (χ0n) is 12.1. The van der Waals surface area contributed by atoms with Gasteiger partial charge in [-0.1, -0.05) is 60.7 Å². The Labute approximate surface area is 129 Å². The van der Waals surface area contributed by atoms with Crippen molar-refractivity contribution in [3.05, 3.63) is 77.9 Å². The Hall–Kier alpha value is -2.80. The molecule has 0 radical (unpaired) electrons. The summed E-state index contributed by atoms with van der Waals surface area (Å²) in [5.74, 6) is 0. The summed E-state index contributed by atoms with van der Waals surface area (Å²) < 4.78 is 0. The molecule has 0 saturated carbocycles. The molecule has 0 aromatic heterocycles. The molecule has 1 aliphatic rings. The van der Waals surface area contributed by atoms with Gasteiger partial charge in [-0.15, -0.1) is 0 Å². The van der Waals surface area contributed by atoms with Crippen molar-refractivity contribution in [2.24, 2.45) is 0 Å². The molecule has 0 atom stereocenters. The third-order valence-electron chi connectivity index (χ3n) is 4.88. The Bertz CT molecular complexity index is 1060. The third-order valence-corrected chi connectivity index (χ3v) is 4.88. The molecule has 0 saturated heterocycles. The molecule has 2 N–H and O–H groups in total. The fourth-order valence-corrected chi connectivity index (χ4v) is 3.83. The molecule has 0 fully saturated rings. The normalized spacial score (nSPS) is 12.5. The highest BCUT2D eigenvalue weighted by Gasteiger charge is 2.20. The van der Waals surface area contributed by atoms with Crippen molar-refractivity contribution in [2.75, 3.05) is 5.73 Å². The van der Waals surface area contributed by atoms with Gasteiger partial charge in [0.25, 0.3) is 0 Å². The van der Waals surface area contributed by atoms with Crippen LogP contribution < -0.4 is 5.73 Å². The van der Waals surface area contributed by atoms with E-state index < -0.39 is 0 Å². The van der Waals surface area contributed by atoms with E-state index in [9.17, 15) is 0 Å². The van der Waals surface area contributed by atoms with Gasteiger partial charge in [0.05, 0.1) is 0 Å². The summed E-state index contributed by atoms with van der Waals surface area (Å²) in [6, 6.07) is 23.8. The number of fused-ring (bicyclic) bond motifs is 7. The molecule has 0 unspecified atom stereocenters. The van der Waals surface area contributed by atoms with Gasteiger partial charge in [-0.3, -0.25) is 0 Å². The lowest BCUT2D eigenvalue weighted by Crippen LogP contribution is -1.89. The van der Waals surface area contributed by atoms with Crippen LogP contribution in [0.3, 0.4) is 0 Å². The van der Waals surface area contributed by atoms with Crippen molar-refractivity contribution in [2.45, 2.75) is 6.42 Å². The smallest absolute Gasteiger partial charge is 0.0393 e. The van der Waals surface area contributed by atoms with Gasteiger partial charge in [-0.05, 0) is 50.9 Å². The van der Waals surface area contributed by atoms with Gasteiger partial charge in [0.1, 0.15) is 0 Å². The number of hydrogen-bond acceptors (Lipinski definition) is 1. The Kier molecular flexibility index (Phi) is 2.21. The maximum absolute atomic E-state index is 6.13. The minimum atomic E-state index is 0.850. The summed E-state index contributed by atoms with van der Waals surface area (Å²) in [5.41, 5.74) is 12.6. The Balaban J connectivity index is 1.91. The van der Waals surface area contributed by atoms with E-state index >= 15 is 0 Å². The Morgan fingerprint density at radius 1 is 0.591 bits per heavy atom. The summed E-state index contributed by atoms with van der Waals surface area (Å²) in [4.78, 5) is 0. The fourth-order valence-electron chi connectivity index (χ4n) is 3.83. The van der Waals surface area contributed by atoms with E-state index in [1.54, 1.807) is 0 Å². The number of hydrogen-bond donors (Lipinski definition) is 1. The van der Waals surface area contributed by atoms with E-state index in [1.807, 2.05) is 12.1 Å². The molecule has 4 aromatic rings. The van der Waals surface area contributed by atoms with Gasteiger partial charge < -0.3 is 5.73 Å². The van der Waals surface area contributed by atoms with Gasteiger partial charge in [-0.2, -0.15) is 0 Å². The monoisotopic (exact) mass is 281 g/mol. The third kappa shape index (κ3) is 1.43. The quantitative estimate of drug-likeness (QED) is 0.308. The van der Waals surface area contributed by atoms with Crippen LogP contribution in [0, 0.1) is 0 Å². The van der Waals surface area contributed by atoms with Crippen LogP contribution in [-0.4, -0.2) is 0 Å². The lowest BCUT2D eigenvalue weighted by Gasteiger charge is -2.10. The maximum atomic E-state index is 6.13. The first-order valence-electron chi connectivity index (χ1n) is 7.64. The van der Waals surface area contributed by atoms with E-state index in [0.29, 0.717) is 0 Å². The highest BCUT2D eigenvalue weighted by molar-refractivity contribution is 6.13. The van der Waals surface area contributed by atoms with E-state index in [0.717, 1.165) is 17.5 Å². The van der Waals surface area contributed by atoms with Crippen molar-refractivity contribution < 1.29 is 0 Å². The van der Waals surface area contributed by atoms with Gasteiger partial charge in [0, 0.05) is 11.1 Å². The predicted octanol–water partition coefficient (Wildman–Crippen LogP) is 5.15. The lowest BCUT2D eigenvalue weighted by molar-refractivity contribution is 1.28. The van der Waals surface area contributed by atoms with Crippen LogP contribution in [0.25, 0.3) is 32.7 Å². The molecule has 1 aliphatic carbocycles. The SMILES string of the molecule is Nc1cccc2c1ccc1c3c(ccc12)-c1ccccc1C3. The van der Waals surface area contributed by atoms with E-state index in [-0.39, 0.29) is 0 Å². The van der Waals surface area contributed by atoms with Crippen molar-refractivity contribution >= 4 is 27.2 Å². The maximum Gasteiger partial charge on any atom is 0.0393 e. The summed E-state index contributed by atoms with van der Waals surface area (Å²) >= 11 is 0. The molecule has 22 heavy (non-hydrogen) atoms. The van der Waals surface area contributed by atoms with Crippen LogP contribution in [0.15, 0.2) is 66.7 Å². The lowest BCUT2D eigenvalue weighted by atomic mass is 9.95. The molecule has 104 valence electrons. The van der Waals surface area contributed by atoms with Crippen LogP contribution in [0.2, 0.25) is 0 Å². The minimum absolute atomic E-state index is 0.850. The van der Waals surface area contributed by atoms with Gasteiger partial charge in [0.15, 0.2) is 0 Å². The van der Waals surface area contributed by atoms with Gasteiger partial charge in [-0.25, -0.2) is 0 Å². The fraction of sp³-hybridized carbons (Fsp3) is 0.0476. The topological polar surface area (TPSA) is 26.0 Å². The van der Waals surface area contributed by atoms with Crippen LogP contribution in [0.4, 0.5) is 5.69 Å². The van der Waals surface area contributed by atoms with Crippen LogP contribution in [0.1, 0.15) is 11.1 Å². The molecule has 0 spiro atoms. The van der Waals surface area contributed by atoms with Crippen LogP contribution >= 0.6 is 0 Å². The number of benzene rings is 4.